The Morgan fingerprint density at radius 3 is 2.50 bits per heavy atom. The summed E-state index contributed by atoms with van der Waals surface area (Å²) < 4.78 is 0. The molecular formula is C16H25N3O. The maximum Gasteiger partial charge on any atom is 0.241 e. The van der Waals surface area contributed by atoms with Crippen molar-refractivity contribution >= 4 is 17.3 Å². The first kappa shape index (κ1) is 14.9. The molecule has 1 aromatic rings. The molecule has 20 heavy (non-hydrogen) atoms. The topological polar surface area (TPSA) is 44.4 Å². The Bertz CT molecular complexity index is 420. The van der Waals surface area contributed by atoms with E-state index in [1.165, 1.54) is 12.1 Å². The van der Waals surface area contributed by atoms with Crippen LogP contribution in [0.25, 0.3) is 0 Å². The van der Waals surface area contributed by atoms with Crippen LogP contribution < -0.4 is 15.5 Å². The van der Waals surface area contributed by atoms with E-state index in [4.69, 9.17) is 0 Å². The van der Waals surface area contributed by atoms with Gasteiger partial charge in [-0.15, -0.1) is 0 Å². The van der Waals surface area contributed by atoms with Gasteiger partial charge in [0.05, 0.1) is 6.04 Å². The molecule has 2 rings (SSSR count). The number of anilines is 2. The fourth-order valence-electron chi connectivity index (χ4n) is 2.65. The van der Waals surface area contributed by atoms with Crippen molar-refractivity contribution in [2.24, 2.45) is 0 Å². The van der Waals surface area contributed by atoms with E-state index in [2.05, 4.69) is 41.5 Å². The summed E-state index contributed by atoms with van der Waals surface area (Å²) in [4.78, 5) is 14.4. The fraction of sp³-hybridized carbons (Fsp3) is 0.562. The Kier molecular flexibility index (Phi) is 5.41. The summed E-state index contributed by atoms with van der Waals surface area (Å²) >= 11 is 0. The Balaban J connectivity index is 1.94. The molecule has 1 aromatic carbocycles. The first-order chi connectivity index (χ1) is 9.74. The molecule has 4 heteroatoms. The highest BCUT2D eigenvalue weighted by molar-refractivity contribution is 5.95. The third kappa shape index (κ3) is 3.73. The summed E-state index contributed by atoms with van der Waals surface area (Å²) in [5.74, 6) is 0.0836. The lowest BCUT2D eigenvalue weighted by Gasteiger charge is -2.23. The summed E-state index contributed by atoms with van der Waals surface area (Å²) in [6, 6.07) is 8.06. The lowest BCUT2D eigenvalue weighted by atomic mass is 10.0. The van der Waals surface area contributed by atoms with Gasteiger partial charge in [-0.25, -0.2) is 0 Å². The minimum atomic E-state index is -0.0359. The molecule has 1 aliphatic heterocycles. The van der Waals surface area contributed by atoms with E-state index in [-0.39, 0.29) is 11.9 Å². The van der Waals surface area contributed by atoms with Gasteiger partial charge >= 0.3 is 0 Å². The number of carbonyl (C=O) groups is 1. The maximum atomic E-state index is 12.1. The smallest absolute Gasteiger partial charge is 0.241 e. The predicted molar refractivity (Wildman–Crippen MR) is 84.3 cm³/mol. The highest BCUT2D eigenvalue weighted by atomic mass is 16.2. The van der Waals surface area contributed by atoms with Gasteiger partial charge in [0.15, 0.2) is 0 Å². The molecule has 110 valence electrons. The zero-order chi connectivity index (χ0) is 14.4. The van der Waals surface area contributed by atoms with Crippen molar-refractivity contribution in [1.29, 1.82) is 0 Å². The maximum absolute atomic E-state index is 12.1. The fourth-order valence-corrected chi connectivity index (χ4v) is 2.65. The summed E-state index contributed by atoms with van der Waals surface area (Å²) in [5, 5.41) is 6.26. The highest BCUT2D eigenvalue weighted by Gasteiger charge is 2.20. The van der Waals surface area contributed by atoms with Gasteiger partial charge in [0, 0.05) is 24.5 Å². The average molecular weight is 275 g/mol. The minimum absolute atomic E-state index is 0.0359. The first-order valence-electron chi connectivity index (χ1n) is 7.63. The second-order valence-corrected chi connectivity index (χ2v) is 5.21. The number of carbonyl (C=O) groups excluding carboxylic acids is 1. The van der Waals surface area contributed by atoms with Crippen molar-refractivity contribution < 1.29 is 4.79 Å². The highest BCUT2D eigenvalue weighted by Crippen LogP contribution is 2.18. The van der Waals surface area contributed by atoms with E-state index in [0.29, 0.717) is 0 Å². The molecule has 4 nitrogen and oxygen atoms in total. The van der Waals surface area contributed by atoms with Crippen molar-refractivity contribution in [2.75, 3.05) is 29.9 Å². The Hall–Kier alpha value is -1.55. The first-order valence-corrected chi connectivity index (χ1v) is 7.63. The van der Waals surface area contributed by atoms with Crippen LogP contribution in [0.15, 0.2) is 24.3 Å². The summed E-state index contributed by atoms with van der Waals surface area (Å²) in [6.07, 6.45) is 3.23. The molecule has 0 aromatic heterocycles. The van der Waals surface area contributed by atoms with Crippen molar-refractivity contribution in [3.05, 3.63) is 24.3 Å². The van der Waals surface area contributed by atoms with Gasteiger partial charge in [-0.05, 0) is 57.5 Å². The number of nitrogens with one attached hydrogen (secondary N) is 2. The molecule has 0 bridgehead atoms. The van der Waals surface area contributed by atoms with Crippen LogP contribution in [0.4, 0.5) is 11.4 Å². The zero-order valence-electron chi connectivity index (χ0n) is 12.5. The third-order valence-corrected chi connectivity index (χ3v) is 3.89. The van der Waals surface area contributed by atoms with Crippen molar-refractivity contribution in [2.45, 2.75) is 39.2 Å². The van der Waals surface area contributed by atoms with Crippen LogP contribution in [0, 0.1) is 0 Å². The van der Waals surface area contributed by atoms with Crippen LogP contribution in [0.3, 0.4) is 0 Å². The number of hydrogen-bond donors (Lipinski definition) is 2. The standard InChI is InChI=1S/C16H25N3O/c1-3-19(4-2)14-10-8-13(9-11-14)18-16(20)15-7-5-6-12-17-15/h8-11,15,17H,3-7,12H2,1-2H3,(H,18,20). The molecule has 1 unspecified atom stereocenters. The predicted octanol–water partition coefficient (Wildman–Crippen LogP) is 2.61. The van der Waals surface area contributed by atoms with Crippen LogP contribution in [-0.4, -0.2) is 31.6 Å². The molecule has 1 atom stereocenters. The van der Waals surface area contributed by atoms with E-state index in [0.717, 1.165) is 38.2 Å². The molecule has 1 heterocycles. The summed E-state index contributed by atoms with van der Waals surface area (Å²) in [5.41, 5.74) is 2.07. The van der Waals surface area contributed by atoms with E-state index < -0.39 is 0 Å². The molecular weight excluding hydrogens is 250 g/mol. The number of nitrogens with zero attached hydrogens (tertiary/aromatic N) is 1. The van der Waals surface area contributed by atoms with Crippen LogP contribution in [0.1, 0.15) is 33.1 Å². The van der Waals surface area contributed by atoms with Crippen LogP contribution in [0.2, 0.25) is 0 Å². The Labute approximate surface area is 121 Å². The summed E-state index contributed by atoms with van der Waals surface area (Å²) in [6.45, 7) is 7.23. The molecule has 1 fully saturated rings. The van der Waals surface area contributed by atoms with Crippen molar-refractivity contribution in [3.63, 3.8) is 0 Å². The van der Waals surface area contributed by atoms with E-state index >= 15 is 0 Å². The zero-order valence-corrected chi connectivity index (χ0v) is 12.5. The van der Waals surface area contributed by atoms with Crippen LogP contribution in [-0.2, 0) is 4.79 Å². The quantitative estimate of drug-likeness (QED) is 0.868. The molecule has 0 aliphatic carbocycles. The van der Waals surface area contributed by atoms with Crippen molar-refractivity contribution in [3.8, 4) is 0 Å². The Morgan fingerprint density at radius 2 is 1.95 bits per heavy atom. The molecule has 0 saturated carbocycles. The molecule has 1 amide bonds. The van der Waals surface area contributed by atoms with Gasteiger partial charge in [0.2, 0.25) is 5.91 Å². The van der Waals surface area contributed by atoms with Gasteiger partial charge in [0.1, 0.15) is 0 Å². The lowest BCUT2D eigenvalue weighted by molar-refractivity contribution is -0.118. The largest absolute Gasteiger partial charge is 0.372 e. The SMILES string of the molecule is CCN(CC)c1ccc(NC(=O)C2CCCCN2)cc1. The van der Waals surface area contributed by atoms with Gasteiger partial charge in [0.25, 0.3) is 0 Å². The third-order valence-electron chi connectivity index (χ3n) is 3.89. The normalized spacial score (nSPS) is 18.6. The molecule has 1 saturated heterocycles. The van der Waals surface area contributed by atoms with E-state index in [1.807, 2.05) is 12.1 Å². The van der Waals surface area contributed by atoms with Gasteiger partial charge in [-0.3, -0.25) is 4.79 Å². The van der Waals surface area contributed by atoms with Crippen LogP contribution in [0.5, 0.6) is 0 Å². The van der Waals surface area contributed by atoms with Crippen LogP contribution >= 0.6 is 0 Å². The molecule has 1 aliphatic rings. The van der Waals surface area contributed by atoms with Gasteiger partial charge in [-0.1, -0.05) is 6.42 Å². The van der Waals surface area contributed by atoms with E-state index in [9.17, 15) is 4.79 Å². The number of piperidine rings is 1. The van der Waals surface area contributed by atoms with E-state index in [1.54, 1.807) is 0 Å². The molecule has 0 spiro atoms. The monoisotopic (exact) mass is 275 g/mol. The lowest BCUT2D eigenvalue weighted by Crippen LogP contribution is -2.43. The van der Waals surface area contributed by atoms with Crippen molar-refractivity contribution in [1.82, 2.24) is 5.32 Å². The summed E-state index contributed by atoms with van der Waals surface area (Å²) in [7, 11) is 0. The Morgan fingerprint density at radius 1 is 1.25 bits per heavy atom. The average Bonchev–Trinajstić information content (AvgIpc) is 2.51. The minimum Gasteiger partial charge on any atom is -0.372 e. The second-order valence-electron chi connectivity index (χ2n) is 5.21. The van der Waals surface area contributed by atoms with Gasteiger partial charge < -0.3 is 15.5 Å². The number of rotatable bonds is 5. The molecule has 2 N–H and O–H groups in total. The number of benzene rings is 1. The number of hydrogen-bond acceptors (Lipinski definition) is 3. The second kappa shape index (κ2) is 7.29. The molecule has 0 radical (unpaired) electrons. The number of amides is 1. The van der Waals surface area contributed by atoms with Gasteiger partial charge in [-0.2, -0.15) is 0 Å².